The Kier molecular flexibility index (Phi) is 5.97. The van der Waals surface area contributed by atoms with Crippen LogP contribution in [-0.4, -0.2) is 30.4 Å². The van der Waals surface area contributed by atoms with E-state index in [4.69, 9.17) is 11.6 Å². The Balaban J connectivity index is 1.63. The number of nitro groups is 1. The summed E-state index contributed by atoms with van der Waals surface area (Å²) in [6.45, 7) is 5.67. The van der Waals surface area contributed by atoms with E-state index in [1.54, 1.807) is 37.8 Å². The van der Waals surface area contributed by atoms with Crippen LogP contribution in [-0.2, 0) is 17.9 Å². The van der Waals surface area contributed by atoms with Crippen molar-refractivity contribution in [3.8, 4) is 0 Å². The van der Waals surface area contributed by atoms with Crippen LogP contribution in [0, 0.1) is 29.9 Å². The third-order valence-electron chi connectivity index (χ3n) is 4.61. The van der Waals surface area contributed by atoms with Gasteiger partial charge in [0.25, 0.3) is 0 Å². The van der Waals surface area contributed by atoms with Crippen molar-refractivity contribution in [2.45, 2.75) is 33.9 Å². The van der Waals surface area contributed by atoms with Gasteiger partial charge in [0.1, 0.15) is 11.4 Å². The van der Waals surface area contributed by atoms with E-state index in [0.717, 1.165) is 5.56 Å². The number of nitrogens with one attached hydrogen (secondary N) is 1. The van der Waals surface area contributed by atoms with Crippen LogP contribution in [0.1, 0.15) is 23.9 Å². The summed E-state index contributed by atoms with van der Waals surface area (Å²) in [5.74, 6) is -0.669. The number of anilines is 1. The van der Waals surface area contributed by atoms with Crippen LogP contribution in [0.15, 0.2) is 36.7 Å². The molecule has 0 fully saturated rings. The topological polar surface area (TPSA) is 108 Å². The lowest BCUT2D eigenvalue weighted by Gasteiger charge is -2.12. The lowest BCUT2D eigenvalue weighted by atomic mass is 10.1. The lowest BCUT2D eigenvalue weighted by Crippen LogP contribution is -2.25. The van der Waals surface area contributed by atoms with Crippen molar-refractivity contribution in [3.63, 3.8) is 0 Å². The number of hydrogen-bond donors (Lipinski definition) is 1. The molecule has 0 saturated heterocycles. The van der Waals surface area contributed by atoms with Crippen molar-refractivity contribution in [2.75, 3.05) is 5.32 Å². The van der Waals surface area contributed by atoms with Gasteiger partial charge in [-0.05, 0) is 25.5 Å². The molecule has 0 radical (unpaired) electrons. The van der Waals surface area contributed by atoms with Gasteiger partial charge in [0.2, 0.25) is 5.91 Å². The molecule has 0 bridgehead atoms. The minimum atomic E-state index is -0.452. The van der Waals surface area contributed by atoms with Crippen LogP contribution < -0.4 is 5.32 Å². The van der Waals surface area contributed by atoms with Gasteiger partial charge in [-0.2, -0.15) is 10.2 Å². The number of aryl methyl sites for hydroxylation is 1. The quantitative estimate of drug-likeness (QED) is 0.467. The second-order valence-corrected chi connectivity index (χ2v) is 7.27. The van der Waals surface area contributed by atoms with E-state index in [-0.39, 0.29) is 18.1 Å². The average molecular weight is 417 g/mol. The molecule has 1 atom stereocenters. The van der Waals surface area contributed by atoms with Crippen molar-refractivity contribution >= 4 is 28.9 Å². The zero-order valence-electron chi connectivity index (χ0n) is 16.3. The predicted octanol–water partition coefficient (Wildman–Crippen LogP) is 3.58. The molecule has 152 valence electrons. The Morgan fingerprint density at radius 1 is 1.34 bits per heavy atom. The van der Waals surface area contributed by atoms with E-state index < -0.39 is 10.8 Å². The van der Waals surface area contributed by atoms with Crippen molar-refractivity contribution in [2.24, 2.45) is 5.92 Å². The van der Waals surface area contributed by atoms with Gasteiger partial charge in [-0.25, -0.2) is 0 Å². The molecule has 0 saturated carbocycles. The zero-order chi connectivity index (χ0) is 21.1. The molecule has 0 aliphatic carbocycles. The third-order valence-corrected chi connectivity index (χ3v) is 4.98. The molecule has 1 N–H and O–H groups in total. The highest BCUT2D eigenvalue weighted by Gasteiger charge is 2.24. The number of carbonyl (C=O) groups excluding carboxylic acids is 1. The van der Waals surface area contributed by atoms with Crippen molar-refractivity contribution in [1.29, 1.82) is 0 Å². The van der Waals surface area contributed by atoms with Crippen LogP contribution >= 0.6 is 11.6 Å². The summed E-state index contributed by atoms with van der Waals surface area (Å²) in [5.41, 5.74) is 2.24. The first-order valence-electron chi connectivity index (χ1n) is 9.01. The van der Waals surface area contributed by atoms with Crippen LogP contribution in [0.4, 0.5) is 11.4 Å². The fraction of sp³-hybridized carbons (Fsp3) is 0.316. The van der Waals surface area contributed by atoms with Gasteiger partial charge in [0, 0.05) is 11.2 Å². The SMILES string of the molecule is Cc1nn(CC(C)C(=O)Nc2cnn(Cc3ccccc3Cl)c2)c(C)c1[N+](=O)[O-]. The van der Waals surface area contributed by atoms with Crippen molar-refractivity contribution < 1.29 is 9.72 Å². The molecule has 3 rings (SSSR count). The monoisotopic (exact) mass is 416 g/mol. The molecular formula is C19H21ClN6O3. The second kappa shape index (κ2) is 8.44. The number of amides is 1. The van der Waals surface area contributed by atoms with Crippen molar-refractivity contribution in [1.82, 2.24) is 19.6 Å². The molecule has 1 amide bonds. The number of halogens is 1. The molecule has 0 aliphatic heterocycles. The van der Waals surface area contributed by atoms with Gasteiger partial charge < -0.3 is 5.32 Å². The Hall–Kier alpha value is -3.20. The van der Waals surface area contributed by atoms with E-state index in [0.29, 0.717) is 28.6 Å². The molecule has 2 heterocycles. The number of aromatic nitrogens is 4. The molecule has 1 unspecified atom stereocenters. The van der Waals surface area contributed by atoms with Gasteiger partial charge in [0.15, 0.2) is 0 Å². The van der Waals surface area contributed by atoms with Crippen LogP contribution in [0.25, 0.3) is 0 Å². The summed E-state index contributed by atoms with van der Waals surface area (Å²) in [5, 5.41) is 23.0. The third kappa shape index (κ3) is 4.62. The summed E-state index contributed by atoms with van der Waals surface area (Å²) >= 11 is 6.17. The van der Waals surface area contributed by atoms with Gasteiger partial charge in [-0.15, -0.1) is 0 Å². The predicted molar refractivity (Wildman–Crippen MR) is 109 cm³/mol. The van der Waals surface area contributed by atoms with Gasteiger partial charge in [-0.1, -0.05) is 36.7 Å². The number of benzene rings is 1. The number of hydrogen-bond acceptors (Lipinski definition) is 5. The van der Waals surface area contributed by atoms with E-state index in [1.807, 2.05) is 24.3 Å². The molecule has 29 heavy (non-hydrogen) atoms. The Labute approximate surface area is 172 Å². The highest BCUT2D eigenvalue weighted by Crippen LogP contribution is 2.23. The fourth-order valence-corrected chi connectivity index (χ4v) is 3.25. The summed E-state index contributed by atoms with van der Waals surface area (Å²) in [6, 6.07) is 7.49. The van der Waals surface area contributed by atoms with Crippen LogP contribution in [0.2, 0.25) is 5.02 Å². The molecule has 3 aromatic rings. The van der Waals surface area contributed by atoms with Crippen LogP contribution in [0.5, 0.6) is 0 Å². The van der Waals surface area contributed by atoms with E-state index in [2.05, 4.69) is 15.5 Å². The van der Waals surface area contributed by atoms with E-state index in [1.165, 1.54) is 4.68 Å². The second-order valence-electron chi connectivity index (χ2n) is 6.87. The number of carbonyl (C=O) groups is 1. The van der Waals surface area contributed by atoms with Gasteiger partial charge in [0.05, 0.1) is 35.8 Å². The summed E-state index contributed by atoms with van der Waals surface area (Å²) in [6.07, 6.45) is 3.29. The normalized spacial score (nSPS) is 12.0. The Morgan fingerprint density at radius 3 is 2.72 bits per heavy atom. The first-order chi connectivity index (χ1) is 13.8. The highest BCUT2D eigenvalue weighted by molar-refractivity contribution is 6.31. The van der Waals surface area contributed by atoms with E-state index >= 15 is 0 Å². The Bertz CT molecular complexity index is 1060. The standard InChI is InChI=1S/C19H21ClN6O3/c1-12(9-25-14(3)18(26(28)29)13(2)23-25)19(27)22-16-8-21-24(11-16)10-15-6-4-5-7-17(15)20/h4-8,11-12H,9-10H2,1-3H3,(H,22,27). The molecule has 0 aliphatic rings. The highest BCUT2D eigenvalue weighted by atomic mass is 35.5. The fourth-order valence-electron chi connectivity index (χ4n) is 3.05. The minimum Gasteiger partial charge on any atom is -0.323 e. The molecular weight excluding hydrogens is 396 g/mol. The summed E-state index contributed by atoms with van der Waals surface area (Å²) in [7, 11) is 0. The van der Waals surface area contributed by atoms with Crippen molar-refractivity contribution in [3.05, 3.63) is 68.7 Å². The first kappa shape index (κ1) is 20.5. The maximum Gasteiger partial charge on any atom is 0.312 e. The van der Waals surface area contributed by atoms with Gasteiger partial charge >= 0.3 is 5.69 Å². The minimum absolute atomic E-state index is 0.0153. The number of nitrogens with zero attached hydrogens (tertiary/aromatic N) is 5. The van der Waals surface area contributed by atoms with Gasteiger partial charge in [-0.3, -0.25) is 24.3 Å². The molecule has 10 heteroatoms. The summed E-state index contributed by atoms with van der Waals surface area (Å²) in [4.78, 5) is 23.2. The maximum absolute atomic E-state index is 12.5. The van der Waals surface area contributed by atoms with E-state index in [9.17, 15) is 14.9 Å². The summed E-state index contributed by atoms with van der Waals surface area (Å²) < 4.78 is 3.18. The Morgan fingerprint density at radius 2 is 2.07 bits per heavy atom. The molecule has 9 nitrogen and oxygen atoms in total. The average Bonchev–Trinajstić information content (AvgIpc) is 3.20. The maximum atomic E-state index is 12.5. The zero-order valence-corrected chi connectivity index (χ0v) is 17.1. The largest absolute Gasteiger partial charge is 0.323 e. The van der Waals surface area contributed by atoms with Crippen LogP contribution in [0.3, 0.4) is 0 Å². The molecule has 1 aromatic carbocycles. The lowest BCUT2D eigenvalue weighted by molar-refractivity contribution is -0.386. The number of rotatable bonds is 7. The smallest absolute Gasteiger partial charge is 0.312 e. The first-order valence-corrected chi connectivity index (χ1v) is 9.39. The molecule has 0 spiro atoms. The molecule has 2 aromatic heterocycles.